The van der Waals surface area contributed by atoms with Crippen molar-refractivity contribution >= 4 is 61.5 Å². The van der Waals surface area contributed by atoms with Crippen LogP contribution in [-0.4, -0.2) is 49.4 Å². The summed E-state index contributed by atoms with van der Waals surface area (Å²) in [6.45, 7) is 9.89. The van der Waals surface area contributed by atoms with Gasteiger partial charge in [0, 0.05) is 11.8 Å². The van der Waals surface area contributed by atoms with Crippen molar-refractivity contribution in [3.63, 3.8) is 0 Å². The van der Waals surface area contributed by atoms with Gasteiger partial charge >= 0.3 is 17.8 Å². The Balaban J connectivity index is 1.05. The zero-order valence-corrected chi connectivity index (χ0v) is 38.2. The molecule has 1 aromatic heterocycles. The van der Waals surface area contributed by atoms with E-state index in [2.05, 4.69) is 22.6 Å². The SMILES string of the molecule is C=CC1CCC2CC(COc3ccc4cc(C(=O)Oc5ccc(C(=O)Oc6ccc(C)cc6C)cc5OC)ccc4c3C=NC[N+]([O-])(C(=O)CCC)c3nc4ccccc4s3)CCC2C1. The van der Waals surface area contributed by atoms with Crippen LogP contribution in [0.5, 0.6) is 23.0 Å². The van der Waals surface area contributed by atoms with Crippen molar-refractivity contribution in [3.05, 3.63) is 137 Å². The molecular formula is C53H55N3O8S. The van der Waals surface area contributed by atoms with Crippen molar-refractivity contribution in [1.82, 2.24) is 9.63 Å². The number of quaternary nitrogens is 1. The van der Waals surface area contributed by atoms with Crippen molar-refractivity contribution in [2.75, 3.05) is 20.4 Å². The van der Waals surface area contributed by atoms with E-state index < -0.39 is 29.2 Å². The number of rotatable bonds is 15. The van der Waals surface area contributed by atoms with Gasteiger partial charge in [0.05, 0.1) is 41.5 Å². The average molecular weight is 894 g/mol. The fraction of sp³-hybridized carbons (Fsp3) is 0.340. The quantitative estimate of drug-likeness (QED) is 0.0246. The van der Waals surface area contributed by atoms with Crippen molar-refractivity contribution < 1.29 is 33.3 Å². The number of aryl methyl sites for hydroxylation is 2. The minimum atomic E-state index is -1.31. The summed E-state index contributed by atoms with van der Waals surface area (Å²) in [5, 5.41) is 16.1. The molecular weight excluding hydrogens is 839 g/mol. The highest BCUT2D eigenvalue weighted by Crippen LogP contribution is 2.45. The number of benzene rings is 5. The van der Waals surface area contributed by atoms with Crippen LogP contribution in [-0.2, 0) is 4.79 Å². The third kappa shape index (κ3) is 10.0. The van der Waals surface area contributed by atoms with Gasteiger partial charge in [-0.25, -0.2) is 24.0 Å². The molecule has 5 unspecified atom stereocenters. The van der Waals surface area contributed by atoms with Gasteiger partial charge in [-0.2, -0.15) is 4.98 Å². The number of hydrogen-bond donors (Lipinski definition) is 0. The summed E-state index contributed by atoms with van der Waals surface area (Å²) in [5.74, 6) is 2.09. The fourth-order valence-electron chi connectivity index (χ4n) is 9.33. The van der Waals surface area contributed by atoms with E-state index in [1.54, 1.807) is 24.4 Å². The maximum atomic E-state index is 14.6. The topological polar surface area (TPSA) is 136 Å². The molecule has 2 saturated carbocycles. The second-order valence-corrected chi connectivity index (χ2v) is 18.5. The minimum absolute atomic E-state index is 0.0875. The molecule has 0 bridgehead atoms. The van der Waals surface area contributed by atoms with Gasteiger partial charge < -0.3 is 24.2 Å². The second-order valence-electron chi connectivity index (χ2n) is 17.4. The number of hydrogen-bond acceptors (Lipinski definition) is 11. The van der Waals surface area contributed by atoms with Gasteiger partial charge in [-0.15, -0.1) is 6.58 Å². The number of para-hydroxylation sites is 1. The third-order valence-corrected chi connectivity index (χ3v) is 14.1. The largest absolute Gasteiger partial charge is 0.617 e. The van der Waals surface area contributed by atoms with Crippen LogP contribution in [0.25, 0.3) is 21.0 Å². The molecule has 0 spiro atoms. The molecule has 65 heavy (non-hydrogen) atoms. The lowest BCUT2D eigenvalue weighted by atomic mass is 9.65. The van der Waals surface area contributed by atoms with E-state index in [1.807, 2.05) is 75.4 Å². The Hall–Kier alpha value is -6.21. The van der Waals surface area contributed by atoms with E-state index in [0.717, 1.165) is 40.0 Å². The lowest BCUT2D eigenvalue weighted by Crippen LogP contribution is -2.48. The first kappa shape index (κ1) is 45.4. The van der Waals surface area contributed by atoms with Crippen LogP contribution in [0, 0.1) is 42.7 Å². The molecule has 1 heterocycles. The summed E-state index contributed by atoms with van der Waals surface area (Å²) >= 11 is 1.21. The Morgan fingerprint density at radius 1 is 0.846 bits per heavy atom. The van der Waals surface area contributed by atoms with Crippen LogP contribution in [0.3, 0.4) is 0 Å². The van der Waals surface area contributed by atoms with Crippen LogP contribution in [0.1, 0.15) is 95.7 Å². The Morgan fingerprint density at radius 2 is 1.57 bits per heavy atom. The third-order valence-electron chi connectivity index (χ3n) is 12.9. The number of carbonyl (C=O) groups is 3. The first-order valence-electron chi connectivity index (χ1n) is 22.5. The lowest BCUT2D eigenvalue weighted by Gasteiger charge is -2.41. The smallest absolute Gasteiger partial charge is 0.343 e. The predicted octanol–water partition coefficient (Wildman–Crippen LogP) is 12.1. The number of thiazole rings is 1. The molecule has 0 radical (unpaired) electrons. The maximum Gasteiger partial charge on any atom is 0.343 e. The molecule has 5 atom stereocenters. The molecule has 0 N–H and O–H groups in total. The molecule has 1 amide bonds. The highest BCUT2D eigenvalue weighted by molar-refractivity contribution is 7.22. The number of hydroxylamine groups is 2. The minimum Gasteiger partial charge on any atom is -0.617 e. The number of fused-ring (bicyclic) bond motifs is 3. The van der Waals surface area contributed by atoms with Crippen molar-refractivity contribution in [1.29, 1.82) is 0 Å². The Bertz CT molecular complexity index is 2750. The van der Waals surface area contributed by atoms with Crippen molar-refractivity contribution in [3.8, 4) is 23.0 Å². The molecule has 8 rings (SSSR count). The lowest BCUT2D eigenvalue weighted by molar-refractivity contribution is -0.128. The van der Waals surface area contributed by atoms with E-state index in [1.165, 1.54) is 62.3 Å². The summed E-state index contributed by atoms with van der Waals surface area (Å²) < 4.78 is 23.2. The van der Waals surface area contributed by atoms with E-state index in [4.69, 9.17) is 18.9 Å². The number of aliphatic imine (C=N–C) groups is 1. The van der Waals surface area contributed by atoms with Crippen molar-refractivity contribution in [2.45, 2.75) is 72.1 Å². The van der Waals surface area contributed by atoms with Crippen LogP contribution in [0.4, 0.5) is 5.13 Å². The molecule has 0 aliphatic heterocycles. The molecule has 0 saturated heterocycles. The number of aromatic nitrogens is 1. The molecule has 2 aliphatic rings. The van der Waals surface area contributed by atoms with Gasteiger partial charge in [0.15, 0.2) is 18.2 Å². The zero-order valence-electron chi connectivity index (χ0n) is 37.4. The number of amides is 1. The standard InChI is InChI=1S/C53H55N3O8S/c1-6-10-50(57)56(60,53-55-44-11-8-9-12-49(44)65-53)32-54-30-43-42-21-18-40(28-39(42)19-23-46(43)62-31-36-15-17-37-26-35(7-2)14-16-38(37)27-36)51(58)64-47-24-20-41(29-48(47)61-5)52(59)63-45-22-13-33(3)25-34(45)4/h7-9,11-13,18-25,28-30,35-38H,2,6,10,14-17,26-27,31-32H2,1,3-5H3. The van der Waals surface area contributed by atoms with Crippen LogP contribution in [0.15, 0.2) is 109 Å². The fourth-order valence-corrected chi connectivity index (χ4v) is 10.3. The first-order chi connectivity index (χ1) is 31.5. The normalized spacial score (nSPS) is 19.3. The summed E-state index contributed by atoms with van der Waals surface area (Å²) in [6.07, 6.45) is 11.4. The number of carbonyl (C=O) groups excluding carboxylic acids is 3. The van der Waals surface area contributed by atoms with Gasteiger partial charge in [0.1, 0.15) is 11.5 Å². The Kier molecular flexibility index (Phi) is 13.9. The van der Waals surface area contributed by atoms with Crippen LogP contribution >= 0.6 is 11.3 Å². The number of allylic oxidation sites excluding steroid dienone is 1. The van der Waals surface area contributed by atoms with Crippen LogP contribution < -0.4 is 23.6 Å². The summed E-state index contributed by atoms with van der Waals surface area (Å²) in [4.78, 5) is 49.6. The van der Waals surface area contributed by atoms with Gasteiger partial charge in [-0.1, -0.05) is 66.3 Å². The monoisotopic (exact) mass is 893 g/mol. The van der Waals surface area contributed by atoms with Gasteiger partial charge in [0.2, 0.25) is 0 Å². The number of ether oxygens (including phenoxy) is 4. The van der Waals surface area contributed by atoms with Crippen LogP contribution in [0.2, 0.25) is 0 Å². The predicted molar refractivity (Wildman–Crippen MR) is 257 cm³/mol. The summed E-state index contributed by atoms with van der Waals surface area (Å²) in [6, 6.07) is 26.5. The number of methoxy groups -OCH3 is 1. The summed E-state index contributed by atoms with van der Waals surface area (Å²) in [7, 11) is 1.43. The van der Waals surface area contributed by atoms with E-state index in [9.17, 15) is 19.6 Å². The molecule has 6 aromatic rings. The van der Waals surface area contributed by atoms with E-state index in [-0.39, 0.29) is 34.2 Å². The van der Waals surface area contributed by atoms with E-state index in [0.29, 0.717) is 58.7 Å². The average Bonchev–Trinajstić information content (AvgIpc) is 3.77. The van der Waals surface area contributed by atoms with Gasteiger partial charge in [-0.3, -0.25) is 0 Å². The highest BCUT2D eigenvalue weighted by atomic mass is 32.1. The number of nitrogens with zero attached hydrogens (tertiary/aromatic N) is 3. The first-order valence-corrected chi connectivity index (χ1v) is 23.3. The Labute approximate surface area is 383 Å². The van der Waals surface area contributed by atoms with Crippen molar-refractivity contribution in [2.24, 2.45) is 28.7 Å². The molecule has 11 nitrogen and oxygen atoms in total. The summed E-state index contributed by atoms with van der Waals surface area (Å²) in [5.41, 5.74) is 3.67. The molecule has 336 valence electrons. The second kappa shape index (κ2) is 19.9. The number of esters is 2. The molecule has 2 aliphatic carbocycles. The Morgan fingerprint density at radius 3 is 2.34 bits per heavy atom. The van der Waals surface area contributed by atoms with Gasteiger partial charge in [-0.05, 0) is 153 Å². The highest BCUT2D eigenvalue weighted by Gasteiger charge is 2.36. The molecule has 2 fully saturated rings. The molecule has 5 aromatic carbocycles. The zero-order chi connectivity index (χ0) is 45.7. The van der Waals surface area contributed by atoms with E-state index >= 15 is 0 Å². The molecule has 12 heteroatoms. The maximum absolute atomic E-state index is 14.6. The van der Waals surface area contributed by atoms with Gasteiger partial charge in [0.25, 0.3) is 5.13 Å².